The second-order valence-electron chi connectivity index (χ2n) is 4.83. The fourth-order valence-electron chi connectivity index (χ4n) is 2.01. The van der Waals surface area contributed by atoms with Gasteiger partial charge in [-0.3, -0.25) is 4.79 Å². The van der Waals surface area contributed by atoms with Gasteiger partial charge in [-0.05, 0) is 37.3 Å². The highest BCUT2D eigenvalue weighted by molar-refractivity contribution is 7.98. The number of aliphatic carboxylic acids is 1. The van der Waals surface area contributed by atoms with E-state index in [0.29, 0.717) is 28.9 Å². The standard InChI is InChI=1S/C13H17ClN2O3S/c1-20-5-4-10(13(18)19)15-12(17)11-6-8(14)7-16(11)9-2-3-9/h6-7,9-10H,2-5H2,1H3,(H,15,17)(H,18,19)/t10-/m0/s1. The molecule has 2 N–H and O–H groups in total. The van der Waals surface area contributed by atoms with Crippen LogP contribution in [-0.2, 0) is 4.79 Å². The van der Waals surface area contributed by atoms with Crippen molar-refractivity contribution < 1.29 is 14.7 Å². The van der Waals surface area contributed by atoms with E-state index in [1.165, 1.54) is 0 Å². The van der Waals surface area contributed by atoms with Crippen LogP contribution in [0.25, 0.3) is 0 Å². The summed E-state index contributed by atoms with van der Waals surface area (Å²) in [4.78, 5) is 23.4. The van der Waals surface area contributed by atoms with Gasteiger partial charge >= 0.3 is 5.97 Å². The number of amides is 1. The van der Waals surface area contributed by atoms with Crippen molar-refractivity contribution >= 4 is 35.2 Å². The highest BCUT2D eigenvalue weighted by atomic mass is 35.5. The minimum Gasteiger partial charge on any atom is -0.480 e. The van der Waals surface area contributed by atoms with Crippen LogP contribution < -0.4 is 5.32 Å². The van der Waals surface area contributed by atoms with Gasteiger partial charge in [0.05, 0.1) is 5.02 Å². The molecular formula is C13H17ClN2O3S. The number of carboxylic acid groups (broad SMARTS) is 1. The van der Waals surface area contributed by atoms with Crippen LogP contribution in [0.4, 0.5) is 0 Å². The third-order valence-electron chi connectivity index (χ3n) is 3.20. The highest BCUT2D eigenvalue weighted by Crippen LogP contribution is 2.37. The van der Waals surface area contributed by atoms with Crippen LogP contribution in [0.3, 0.4) is 0 Å². The molecule has 7 heteroatoms. The molecule has 1 atom stereocenters. The molecule has 1 aromatic heterocycles. The van der Waals surface area contributed by atoms with E-state index < -0.39 is 12.0 Å². The van der Waals surface area contributed by atoms with E-state index in [2.05, 4.69) is 5.32 Å². The van der Waals surface area contributed by atoms with E-state index in [1.54, 1.807) is 24.0 Å². The lowest BCUT2D eigenvalue weighted by atomic mass is 10.2. The van der Waals surface area contributed by atoms with E-state index in [0.717, 1.165) is 12.8 Å². The summed E-state index contributed by atoms with van der Waals surface area (Å²) in [5.41, 5.74) is 0.438. The molecule has 0 bridgehead atoms. The average Bonchev–Trinajstić information content (AvgIpc) is 3.16. The lowest BCUT2D eigenvalue weighted by Crippen LogP contribution is -2.41. The molecule has 0 aliphatic heterocycles. The second-order valence-corrected chi connectivity index (χ2v) is 6.25. The Balaban J connectivity index is 2.08. The predicted octanol–water partition coefficient (Wildman–Crippen LogP) is 2.41. The maximum atomic E-state index is 12.2. The number of carbonyl (C=O) groups excluding carboxylic acids is 1. The zero-order valence-corrected chi connectivity index (χ0v) is 12.7. The molecule has 1 aromatic rings. The average molecular weight is 317 g/mol. The number of carbonyl (C=O) groups is 2. The van der Waals surface area contributed by atoms with Gasteiger partial charge in [0.2, 0.25) is 0 Å². The molecule has 2 rings (SSSR count). The maximum absolute atomic E-state index is 12.2. The molecule has 1 aliphatic carbocycles. The Hall–Kier alpha value is -1.14. The predicted molar refractivity (Wildman–Crippen MR) is 79.6 cm³/mol. The van der Waals surface area contributed by atoms with Crippen molar-refractivity contribution in [1.82, 2.24) is 9.88 Å². The Morgan fingerprint density at radius 2 is 2.30 bits per heavy atom. The smallest absolute Gasteiger partial charge is 0.326 e. The molecule has 0 saturated heterocycles. The minimum atomic E-state index is -1.01. The Morgan fingerprint density at radius 1 is 1.60 bits per heavy atom. The quantitative estimate of drug-likeness (QED) is 0.810. The van der Waals surface area contributed by atoms with Gasteiger partial charge in [-0.2, -0.15) is 11.8 Å². The van der Waals surface area contributed by atoms with Crippen LogP contribution in [0.2, 0.25) is 5.02 Å². The van der Waals surface area contributed by atoms with E-state index in [-0.39, 0.29) is 5.91 Å². The van der Waals surface area contributed by atoms with E-state index in [4.69, 9.17) is 16.7 Å². The number of aromatic nitrogens is 1. The number of rotatable bonds is 7. The number of nitrogens with zero attached hydrogens (tertiary/aromatic N) is 1. The Labute approximate surface area is 126 Å². The molecule has 0 unspecified atom stereocenters. The van der Waals surface area contributed by atoms with E-state index in [1.807, 2.05) is 10.8 Å². The molecular weight excluding hydrogens is 300 g/mol. The summed E-state index contributed by atoms with van der Waals surface area (Å²) in [6, 6.07) is 1.04. The van der Waals surface area contributed by atoms with Gasteiger partial charge in [0.15, 0.2) is 0 Å². The highest BCUT2D eigenvalue weighted by Gasteiger charge is 2.29. The van der Waals surface area contributed by atoms with Crippen molar-refractivity contribution in [2.75, 3.05) is 12.0 Å². The van der Waals surface area contributed by atoms with Gasteiger partial charge in [-0.25, -0.2) is 4.79 Å². The first-order chi connectivity index (χ1) is 9.52. The van der Waals surface area contributed by atoms with Crippen LogP contribution in [-0.4, -0.2) is 39.6 Å². The van der Waals surface area contributed by atoms with Crippen molar-refractivity contribution in [3.05, 3.63) is 23.0 Å². The normalized spacial score (nSPS) is 15.9. The second kappa shape index (κ2) is 6.54. The summed E-state index contributed by atoms with van der Waals surface area (Å²) in [7, 11) is 0. The topological polar surface area (TPSA) is 71.3 Å². The molecule has 1 saturated carbocycles. The van der Waals surface area contributed by atoms with Crippen molar-refractivity contribution in [2.24, 2.45) is 0 Å². The van der Waals surface area contributed by atoms with Gasteiger partial charge < -0.3 is 15.0 Å². The SMILES string of the molecule is CSCC[C@H](NC(=O)c1cc(Cl)cn1C1CC1)C(=O)O. The summed E-state index contributed by atoms with van der Waals surface area (Å²) in [6.07, 6.45) is 6.09. The van der Waals surface area contributed by atoms with Crippen molar-refractivity contribution in [1.29, 1.82) is 0 Å². The first-order valence-electron chi connectivity index (χ1n) is 6.43. The van der Waals surface area contributed by atoms with E-state index >= 15 is 0 Å². The van der Waals surface area contributed by atoms with E-state index in [9.17, 15) is 9.59 Å². The van der Waals surface area contributed by atoms with Crippen LogP contribution in [0.15, 0.2) is 12.3 Å². The number of nitrogens with one attached hydrogen (secondary N) is 1. The third kappa shape index (κ3) is 3.70. The molecule has 1 amide bonds. The van der Waals surface area contributed by atoms with Gasteiger partial charge in [-0.1, -0.05) is 11.6 Å². The molecule has 0 aromatic carbocycles. The summed E-state index contributed by atoms with van der Waals surface area (Å²) in [6.45, 7) is 0. The monoisotopic (exact) mass is 316 g/mol. The minimum absolute atomic E-state index is 0.317. The van der Waals surface area contributed by atoms with Crippen molar-refractivity contribution in [2.45, 2.75) is 31.3 Å². The summed E-state index contributed by atoms with van der Waals surface area (Å²) < 4.78 is 1.84. The van der Waals surface area contributed by atoms with Crippen LogP contribution in [0.5, 0.6) is 0 Å². The number of hydrogen-bond donors (Lipinski definition) is 2. The molecule has 1 fully saturated rings. The van der Waals surface area contributed by atoms with Crippen LogP contribution >= 0.6 is 23.4 Å². The Bertz CT molecular complexity index is 514. The lowest BCUT2D eigenvalue weighted by Gasteiger charge is -2.15. The maximum Gasteiger partial charge on any atom is 0.326 e. The Morgan fingerprint density at radius 3 is 2.85 bits per heavy atom. The number of thioether (sulfide) groups is 1. The Kier molecular flexibility index (Phi) is 4.99. The molecule has 5 nitrogen and oxygen atoms in total. The number of halogens is 1. The fourth-order valence-corrected chi connectivity index (χ4v) is 2.69. The van der Waals surface area contributed by atoms with Crippen LogP contribution in [0.1, 0.15) is 35.8 Å². The van der Waals surface area contributed by atoms with Gasteiger partial charge in [0.25, 0.3) is 5.91 Å². The van der Waals surface area contributed by atoms with Crippen molar-refractivity contribution in [3.63, 3.8) is 0 Å². The molecule has 20 heavy (non-hydrogen) atoms. The fraction of sp³-hybridized carbons (Fsp3) is 0.538. The summed E-state index contributed by atoms with van der Waals surface area (Å²) in [5.74, 6) is -0.706. The zero-order valence-electron chi connectivity index (χ0n) is 11.1. The molecule has 1 aliphatic rings. The molecule has 0 radical (unpaired) electrons. The third-order valence-corrected chi connectivity index (χ3v) is 4.05. The first-order valence-corrected chi connectivity index (χ1v) is 8.20. The largest absolute Gasteiger partial charge is 0.480 e. The number of carboxylic acids is 1. The number of hydrogen-bond acceptors (Lipinski definition) is 3. The molecule has 1 heterocycles. The van der Waals surface area contributed by atoms with Crippen molar-refractivity contribution in [3.8, 4) is 0 Å². The lowest BCUT2D eigenvalue weighted by molar-refractivity contribution is -0.139. The zero-order chi connectivity index (χ0) is 14.7. The van der Waals surface area contributed by atoms with Gasteiger partial charge in [-0.15, -0.1) is 0 Å². The summed E-state index contributed by atoms with van der Waals surface area (Å²) >= 11 is 7.50. The first kappa shape index (κ1) is 15.3. The van der Waals surface area contributed by atoms with Gasteiger partial charge in [0, 0.05) is 12.2 Å². The summed E-state index contributed by atoms with van der Waals surface area (Å²) in [5, 5.41) is 12.2. The van der Waals surface area contributed by atoms with Crippen LogP contribution in [0, 0.1) is 0 Å². The van der Waals surface area contributed by atoms with Gasteiger partial charge in [0.1, 0.15) is 11.7 Å². The molecule has 0 spiro atoms. The molecule has 110 valence electrons.